The number of esters is 1. The number of alkyl carbamates (subject to hydrolysis) is 1. The van der Waals surface area contributed by atoms with Crippen molar-refractivity contribution in [3.05, 3.63) is 118 Å². The van der Waals surface area contributed by atoms with Crippen molar-refractivity contribution in [3.8, 4) is 17.6 Å². The number of aromatic carboxylic acids is 1. The minimum absolute atomic E-state index is 0.0377. The van der Waals surface area contributed by atoms with Gasteiger partial charge in [-0.15, -0.1) is 0 Å². The fourth-order valence-electron chi connectivity index (χ4n) is 7.85. The molecule has 4 aromatic rings. The van der Waals surface area contributed by atoms with Crippen molar-refractivity contribution in [2.75, 3.05) is 32.8 Å². The zero-order chi connectivity index (χ0) is 49.9. The van der Waals surface area contributed by atoms with E-state index in [1.165, 1.54) is 0 Å². The third-order valence-corrected chi connectivity index (χ3v) is 9.92. The first-order valence-electron chi connectivity index (χ1n) is 23.5. The Balaban J connectivity index is 1.52. The second kappa shape index (κ2) is 22.9. The highest BCUT2D eigenvalue weighted by Gasteiger charge is 2.25. The third-order valence-electron chi connectivity index (χ3n) is 9.92. The maximum atomic E-state index is 13.5. The molecule has 4 heterocycles. The Morgan fingerprint density at radius 2 is 1.06 bits per heavy atom. The number of aromatic nitrogens is 3. The molecule has 68 heavy (non-hydrogen) atoms. The summed E-state index contributed by atoms with van der Waals surface area (Å²) in [4.78, 5) is 60.0. The van der Waals surface area contributed by atoms with Crippen LogP contribution in [0.25, 0.3) is 0 Å². The Morgan fingerprint density at radius 3 is 1.54 bits per heavy atom. The van der Waals surface area contributed by atoms with Crippen molar-refractivity contribution < 1.29 is 33.7 Å². The predicted octanol–water partition coefficient (Wildman–Crippen LogP) is 9.02. The number of fused-ring (bicyclic) bond motifs is 6. The molecule has 1 amide bonds. The van der Waals surface area contributed by atoms with Crippen LogP contribution in [0, 0.1) is 22.7 Å². The fourth-order valence-corrected chi connectivity index (χ4v) is 7.85. The van der Waals surface area contributed by atoms with Crippen molar-refractivity contribution in [1.82, 2.24) is 35.0 Å². The Morgan fingerprint density at radius 1 is 0.603 bits per heavy atom. The summed E-state index contributed by atoms with van der Waals surface area (Å²) in [5, 5.41) is 13.0. The van der Waals surface area contributed by atoms with Gasteiger partial charge in [-0.05, 0) is 119 Å². The molecule has 0 spiro atoms. The molecule has 1 aliphatic rings. The minimum atomic E-state index is -1.06. The summed E-state index contributed by atoms with van der Waals surface area (Å²) >= 11 is 0. The van der Waals surface area contributed by atoms with Crippen LogP contribution in [0.1, 0.15) is 145 Å². The minimum Gasteiger partial charge on any atom is -0.494 e. The molecule has 2 N–H and O–H groups in total. The van der Waals surface area contributed by atoms with Gasteiger partial charge >= 0.3 is 18.0 Å². The van der Waals surface area contributed by atoms with E-state index in [2.05, 4.69) is 80.6 Å². The first-order valence-corrected chi connectivity index (χ1v) is 23.5. The number of rotatable bonds is 10. The third kappa shape index (κ3) is 19.8. The highest BCUT2D eigenvalue weighted by molar-refractivity contribution is 5.87. The number of benzene rings is 1. The summed E-state index contributed by atoms with van der Waals surface area (Å²) < 4.78 is 17.0. The van der Waals surface area contributed by atoms with E-state index >= 15 is 0 Å². The summed E-state index contributed by atoms with van der Waals surface area (Å²) in [6.07, 6.45) is 0.159. The summed E-state index contributed by atoms with van der Waals surface area (Å²) in [5.41, 5.74) is 4.74. The Kier molecular flexibility index (Phi) is 17.9. The van der Waals surface area contributed by atoms with Gasteiger partial charge in [-0.2, -0.15) is 0 Å². The van der Waals surface area contributed by atoms with Gasteiger partial charge in [0.2, 0.25) is 0 Å². The van der Waals surface area contributed by atoms with Crippen molar-refractivity contribution in [2.24, 2.45) is 10.8 Å². The molecule has 0 atom stereocenters. The van der Waals surface area contributed by atoms with E-state index in [1.807, 2.05) is 88.9 Å². The second-order valence-corrected chi connectivity index (χ2v) is 22.2. The van der Waals surface area contributed by atoms with E-state index in [0.717, 1.165) is 41.3 Å². The first-order chi connectivity index (χ1) is 31.7. The lowest BCUT2D eigenvalue weighted by Gasteiger charge is -2.31. The number of nitrogens with one attached hydrogen (secondary N) is 1. The Bertz CT molecular complexity index is 2420. The van der Waals surface area contributed by atoms with Crippen LogP contribution in [-0.4, -0.2) is 96.8 Å². The topological polar surface area (TPSA) is 160 Å². The average Bonchev–Trinajstić information content (AvgIpc) is 3.17. The number of carbonyl (C=O) groups is 3. The van der Waals surface area contributed by atoms with Crippen LogP contribution in [0.5, 0.6) is 5.75 Å². The standard InChI is InChI=1S/C54H73N7O7/c1-51(2,3)36-60-29-41-15-13-16-42(56-41)30-61(37-52(4,5)6)34-46-28-40(49(63)64)27-45(58-46)32-59(35-48(62)67-53(7,8)9)31-43-25-39(26-44(33-60)57-43)18-17-38-19-21-47(22-20-38)66-24-14-23-55-50(65)68-54(10,11)12/h13,15-16,19-22,25-28H,14,23-24,29-37H2,1-12H3,(H,55,65)(H,63,64). The number of carboxylic acids is 1. The fraction of sp³-hybridized carbons (Fsp3) is 0.519. The van der Waals surface area contributed by atoms with Crippen LogP contribution in [-0.2, 0) is 53.5 Å². The highest BCUT2D eigenvalue weighted by atomic mass is 16.6. The lowest BCUT2D eigenvalue weighted by molar-refractivity contribution is -0.156. The zero-order valence-corrected chi connectivity index (χ0v) is 42.4. The van der Waals surface area contributed by atoms with Crippen molar-refractivity contribution in [2.45, 2.75) is 140 Å². The molecule has 14 nitrogen and oxygen atoms in total. The van der Waals surface area contributed by atoms with E-state index < -0.39 is 29.2 Å². The molecule has 0 radical (unpaired) electrons. The van der Waals surface area contributed by atoms with Crippen molar-refractivity contribution in [1.29, 1.82) is 0 Å². The smallest absolute Gasteiger partial charge is 0.407 e. The summed E-state index contributed by atoms with van der Waals surface area (Å²) in [5.74, 6) is 5.90. The molecular weight excluding hydrogens is 859 g/mol. The van der Waals surface area contributed by atoms with Gasteiger partial charge in [0, 0.05) is 70.0 Å². The molecule has 1 aromatic carbocycles. The second-order valence-electron chi connectivity index (χ2n) is 22.2. The van der Waals surface area contributed by atoms with Crippen LogP contribution in [0.4, 0.5) is 4.79 Å². The number of hydrogen-bond donors (Lipinski definition) is 2. The predicted molar refractivity (Wildman–Crippen MR) is 264 cm³/mol. The summed E-state index contributed by atoms with van der Waals surface area (Å²) in [6.45, 7) is 28.9. The number of ether oxygens (including phenoxy) is 3. The van der Waals surface area contributed by atoms with Gasteiger partial charge in [0.05, 0.1) is 52.9 Å². The van der Waals surface area contributed by atoms with Crippen molar-refractivity contribution in [3.63, 3.8) is 0 Å². The molecular formula is C54H73N7O7. The van der Waals surface area contributed by atoms with E-state index in [4.69, 9.17) is 29.2 Å². The van der Waals surface area contributed by atoms with E-state index in [1.54, 1.807) is 12.1 Å². The van der Waals surface area contributed by atoms with Gasteiger partial charge in [0.1, 0.15) is 17.0 Å². The largest absolute Gasteiger partial charge is 0.494 e. The number of carbonyl (C=O) groups excluding carboxylic acids is 2. The molecule has 0 saturated heterocycles. The van der Waals surface area contributed by atoms with Crippen molar-refractivity contribution >= 4 is 18.0 Å². The number of nitrogens with zero attached hydrogens (tertiary/aromatic N) is 6. The normalized spacial score (nSPS) is 14.7. The van der Waals surface area contributed by atoms with E-state index in [0.29, 0.717) is 68.6 Å². The van der Waals surface area contributed by atoms with Crippen LogP contribution < -0.4 is 10.1 Å². The number of hydrogen-bond acceptors (Lipinski definition) is 12. The van der Waals surface area contributed by atoms with Gasteiger partial charge in [-0.1, -0.05) is 59.4 Å². The van der Waals surface area contributed by atoms with Gasteiger partial charge in [-0.3, -0.25) is 34.4 Å². The Hall–Kier alpha value is -5.88. The monoisotopic (exact) mass is 932 g/mol. The average molecular weight is 932 g/mol. The van der Waals surface area contributed by atoms with Crippen LogP contribution in [0.3, 0.4) is 0 Å². The SMILES string of the molecule is CC(C)(C)CN1Cc2cc(C#Cc3ccc(OCCCNC(=O)OC(C)(C)C)cc3)cc(n2)CN(CC(=O)OC(C)(C)C)Cc2cc(C(=O)O)cc(n2)CN(CC(C)(C)C)Cc2cccc(n2)C1. The molecule has 0 fully saturated rings. The van der Waals surface area contributed by atoms with Crippen LogP contribution in [0.2, 0.25) is 0 Å². The molecule has 6 bridgehead atoms. The quantitative estimate of drug-likeness (QED) is 0.0882. The molecule has 3 aromatic heterocycles. The van der Waals surface area contributed by atoms with E-state index in [-0.39, 0.29) is 36.0 Å². The molecule has 14 heteroatoms. The molecule has 0 aliphatic carbocycles. The van der Waals surface area contributed by atoms with Gasteiger partial charge in [0.25, 0.3) is 0 Å². The summed E-state index contributed by atoms with van der Waals surface area (Å²) in [7, 11) is 0. The molecule has 0 saturated carbocycles. The van der Waals surface area contributed by atoms with Gasteiger partial charge in [0.15, 0.2) is 0 Å². The number of pyridine rings is 3. The lowest BCUT2D eigenvalue weighted by atomic mass is 9.95. The highest BCUT2D eigenvalue weighted by Crippen LogP contribution is 2.24. The van der Waals surface area contributed by atoms with Crippen LogP contribution in [0.15, 0.2) is 66.7 Å². The molecule has 0 unspecified atom stereocenters. The van der Waals surface area contributed by atoms with Gasteiger partial charge in [-0.25, -0.2) is 9.59 Å². The number of carboxylic acid groups (broad SMARTS) is 1. The summed E-state index contributed by atoms with van der Waals surface area (Å²) in [6, 6.07) is 20.9. The molecule has 366 valence electrons. The first kappa shape index (κ1) is 53.1. The zero-order valence-electron chi connectivity index (χ0n) is 42.4. The lowest BCUT2D eigenvalue weighted by Crippen LogP contribution is -2.35. The van der Waals surface area contributed by atoms with Gasteiger partial charge < -0.3 is 24.6 Å². The van der Waals surface area contributed by atoms with Crippen LogP contribution >= 0.6 is 0 Å². The maximum absolute atomic E-state index is 13.5. The van der Waals surface area contributed by atoms with E-state index in [9.17, 15) is 19.5 Å². The Labute approximate surface area is 404 Å². The maximum Gasteiger partial charge on any atom is 0.407 e. The number of amides is 1. The molecule has 5 rings (SSSR count). The molecule has 1 aliphatic heterocycles.